The van der Waals surface area contributed by atoms with Crippen molar-refractivity contribution in [3.05, 3.63) is 59.9 Å². The Hall–Kier alpha value is -2.82. The van der Waals surface area contributed by atoms with E-state index in [-0.39, 0.29) is 11.8 Å². The third kappa shape index (κ3) is 5.99. The van der Waals surface area contributed by atoms with Gasteiger partial charge in [-0.05, 0) is 55.4 Å². The summed E-state index contributed by atoms with van der Waals surface area (Å²) in [6.07, 6.45) is 8.55. The van der Waals surface area contributed by atoms with E-state index in [9.17, 15) is 4.79 Å². The fourth-order valence-corrected chi connectivity index (χ4v) is 5.02. The third-order valence-electron chi connectivity index (χ3n) is 7.22. The van der Waals surface area contributed by atoms with Crippen LogP contribution in [0.15, 0.2) is 48.5 Å². The lowest BCUT2D eigenvalue weighted by Crippen LogP contribution is -2.32. The molecule has 2 aromatic carbocycles. The molecule has 5 heteroatoms. The van der Waals surface area contributed by atoms with E-state index in [4.69, 9.17) is 9.72 Å². The molecule has 182 valence electrons. The molecule has 1 saturated carbocycles. The van der Waals surface area contributed by atoms with Crippen molar-refractivity contribution in [3.63, 3.8) is 0 Å². The smallest absolute Gasteiger partial charge is 0.223 e. The normalized spacial score (nSPS) is 15.4. The van der Waals surface area contributed by atoms with Crippen LogP contribution < -0.4 is 10.1 Å². The van der Waals surface area contributed by atoms with Gasteiger partial charge in [0.15, 0.2) is 0 Å². The molecule has 1 fully saturated rings. The Kier molecular flexibility index (Phi) is 8.62. The van der Waals surface area contributed by atoms with E-state index < -0.39 is 0 Å². The number of hydrogen-bond donors (Lipinski definition) is 1. The summed E-state index contributed by atoms with van der Waals surface area (Å²) in [6.45, 7) is 6.51. The molecule has 0 spiro atoms. The maximum absolute atomic E-state index is 12.4. The molecule has 1 amide bonds. The van der Waals surface area contributed by atoms with Gasteiger partial charge in [0, 0.05) is 18.9 Å². The van der Waals surface area contributed by atoms with Gasteiger partial charge >= 0.3 is 0 Å². The number of ether oxygens (including phenoxy) is 1. The number of carbonyl (C=O) groups is 1. The summed E-state index contributed by atoms with van der Waals surface area (Å²) in [5.74, 6) is 2.97. The Morgan fingerprint density at radius 3 is 2.71 bits per heavy atom. The number of amides is 1. The summed E-state index contributed by atoms with van der Waals surface area (Å²) in [4.78, 5) is 17.3. The first-order chi connectivity index (χ1) is 16.7. The van der Waals surface area contributed by atoms with Gasteiger partial charge in [0.25, 0.3) is 0 Å². The van der Waals surface area contributed by atoms with Crippen molar-refractivity contribution in [1.82, 2.24) is 14.9 Å². The van der Waals surface area contributed by atoms with Gasteiger partial charge in [-0.15, -0.1) is 0 Å². The summed E-state index contributed by atoms with van der Waals surface area (Å²) in [5.41, 5.74) is 3.43. The Morgan fingerprint density at radius 2 is 1.88 bits per heavy atom. The summed E-state index contributed by atoms with van der Waals surface area (Å²) in [6, 6.07) is 16.7. The topological polar surface area (TPSA) is 56.1 Å². The molecule has 1 aliphatic rings. The average molecular weight is 462 g/mol. The van der Waals surface area contributed by atoms with Crippen LogP contribution in [0.4, 0.5) is 0 Å². The number of nitrogens with zero attached hydrogens (tertiary/aromatic N) is 2. The maximum atomic E-state index is 12.4. The Labute approximate surface area is 203 Å². The van der Waals surface area contributed by atoms with Crippen LogP contribution in [-0.2, 0) is 17.8 Å². The van der Waals surface area contributed by atoms with Crippen LogP contribution in [0.3, 0.4) is 0 Å². The van der Waals surface area contributed by atoms with E-state index in [1.54, 1.807) is 0 Å². The number of carbonyl (C=O) groups excluding carboxylic acids is 1. The van der Waals surface area contributed by atoms with E-state index in [1.807, 2.05) is 12.1 Å². The molecule has 0 saturated heterocycles. The second-order valence-electron chi connectivity index (χ2n) is 9.59. The molecule has 0 aliphatic heterocycles. The fourth-order valence-electron chi connectivity index (χ4n) is 5.02. The second-order valence-corrected chi connectivity index (χ2v) is 9.59. The monoisotopic (exact) mass is 461 g/mol. The first kappa shape index (κ1) is 24.3. The van der Waals surface area contributed by atoms with Gasteiger partial charge in [-0.2, -0.15) is 0 Å². The highest BCUT2D eigenvalue weighted by Gasteiger charge is 2.20. The van der Waals surface area contributed by atoms with Gasteiger partial charge in [0.2, 0.25) is 5.91 Å². The number of para-hydroxylation sites is 3. The first-order valence-electron chi connectivity index (χ1n) is 13.1. The van der Waals surface area contributed by atoms with E-state index in [0.717, 1.165) is 61.3 Å². The standard InChI is InChI=1S/C29H39N3O2/c1-3-22(2)24-14-7-10-17-27(24)34-21-20-32-26-16-9-8-15-25(26)31-28(32)18-11-19-30-29(33)23-12-5-4-6-13-23/h7-10,14-17,22-23H,3-6,11-13,18-21H2,1-2H3,(H,30,33). The number of aryl methyl sites for hydroxylation is 1. The molecule has 5 nitrogen and oxygen atoms in total. The highest BCUT2D eigenvalue weighted by molar-refractivity contribution is 5.78. The maximum Gasteiger partial charge on any atom is 0.223 e. The van der Waals surface area contributed by atoms with Crippen LogP contribution in [0.5, 0.6) is 5.75 Å². The molecule has 1 aliphatic carbocycles. The van der Waals surface area contributed by atoms with Gasteiger partial charge in [0.1, 0.15) is 18.2 Å². The van der Waals surface area contributed by atoms with Crippen LogP contribution >= 0.6 is 0 Å². The van der Waals surface area contributed by atoms with Gasteiger partial charge < -0.3 is 14.6 Å². The van der Waals surface area contributed by atoms with E-state index in [0.29, 0.717) is 19.1 Å². The molecule has 1 unspecified atom stereocenters. The molecule has 1 N–H and O–H groups in total. The molecule has 0 bridgehead atoms. The molecule has 1 heterocycles. The molecule has 0 radical (unpaired) electrons. The number of imidazole rings is 1. The van der Waals surface area contributed by atoms with Gasteiger partial charge in [-0.1, -0.05) is 63.4 Å². The Morgan fingerprint density at radius 1 is 1.12 bits per heavy atom. The zero-order valence-corrected chi connectivity index (χ0v) is 20.8. The van der Waals surface area contributed by atoms with Gasteiger partial charge in [-0.25, -0.2) is 4.98 Å². The van der Waals surface area contributed by atoms with Crippen molar-refractivity contribution in [1.29, 1.82) is 0 Å². The van der Waals surface area contributed by atoms with Crippen LogP contribution in [0.2, 0.25) is 0 Å². The highest BCUT2D eigenvalue weighted by atomic mass is 16.5. The van der Waals surface area contributed by atoms with Crippen molar-refractivity contribution in [2.45, 2.75) is 77.7 Å². The Bertz CT molecular complexity index is 1070. The average Bonchev–Trinajstić information content (AvgIpc) is 3.24. The molecular formula is C29H39N3O2. The van der Waals surface area contributed by atoms with E-state index in [2.05, 4.69) is 60.1 Å². The minimum Gasteiger partial charge on any atom is -0.491 e. The quantitative estimate of drug-likeness (QED) is 0.343. The van der Waals surface area contributed by atoms with Crippen LogP contribution in [0.25, 0.3) is 11.0 Å². The molecule has 1 atom stereocenters. The Balaban J connectivity index is 1.36. The summed E-state index contributed by atoms with van der Waals surface area (Å²) >= 11 is 0. The largest absolute Gasteiger partial charge is 0.491 e. The van der Waals surface area contributed by atoms with E-state index in [1.165, 1.54) is 24.8 Å². The second kappa shape index (κ2) is 12.0. The molecule has 3 aromatic rings. The summed E-state index contributed by atoms with van der Waals surface area (Å²) < 4.78 is 8.54. The summed E-state index contributed by atoms with van der Waals surface area (Å²) in [7, 11) is 0. The number of rotatable bonds is 11. The lowest BCUT2D eigenvalue weighted by atomic mass is 9.89. The first-order valence-corrected chi connectivity index (χ1v) is 13.1. The number of benzene rings is 2. The van der Waals surface area contributed by atoms with Crippen molar-refractivity contribution in [2.24, 2.45) is 5.92 Å². The van der Waals surface area contributed by atoms with E-state index >= 15 is 0 Å². The SMILES string of the molecule is CCC(C)c1ccccc1OCCn1c(CCCNC(=O)C2CCCCC2)nc2ccccc21. The lowest BCUT2D eigenvalue weighted by molar-refractivity contribution is -0.125. The third-order valence-corrected chi connectivity index (χ3v) is 7.22. The highest BCUT2D eigenvalue weighted by Crippen LogP contribution is 2.28. The van der Waals surface area contributed by atoms with Crippen LogP contribution in [-0.4, -0.2) is 28.6 Å². The predicted molar refractivity (Wildman–Crippen MR) is 138 cm³/mol. The number of fused-ring (bicyclic) bond motifs is 1. The van der Waals surface area contributed by atoms with Crippen LogP contribution in [0.1, 0.15) is 76.1 Å². The minimum atomic E-state index is 0.216. The molecular weight excluding hydrogens is 422 g/mol. The molecule has 4 rings (SSSR count). The lowest BCUT2D eigenvalue weighted by Gasteiger charge is -2.20. The number of nitrogens with one attached hydrogen (secondary N) is 1. The van der Waals surface area contributed by atoms with Gasteiger partial charge in [0.05, 0.1) is 17.6 Å². The zero-order chi connectivity index (χ0) is 23.8. The molecule has 1 aromatic heterocycles. The number of aromatic nitrogens is 2. The van der Waals surface area contributed by atoms with Crippen molar-refractivity contribution < 1.29 is 9.53 Å². The van der Waals surface area contributed by atoms with Crippen LogP contribution in [0, 0.1) is 5.92 Å². The zero-order valence-electron chi connectivity index (χ0n) is 20.8. The van der Waals surface area contributed by atoms with Gasteiger partial charge in [-0.3, -0.25) is 4.79 Å². The van der Waals surface area contributed by atoms with Crippen molar-refractivity contribution >= 4 is 16.9 Å². The summed E-state index contributed by atoms with van der Waals surface area (Å²) in [5, 5.41) is 3.16. The van der Waals surface area contributed by atoms with Crippen molar-refractivity contribution in [3.8, 4) is 5.75 Å². The fraction of sp³-hybridized carbons (Fsp3) is 0.517. The minimum absolute atomic E-state index is 0.216. The van der Waals surface area contributed by atoms with Crippen molar-refractivity contribution in [2.75, 3.05) is 13.2 Å². The molecule has 34 heavy (non-hydrogen) atoms. The predicted octanol–water partition coefficient (Wildman–Crippen LogP) is 6.26. The number of hydrogen-bond acceptors (Lipinski definition) is 3.